The molecule has 4 aromatic carbocycles. The number of anilines is 2. The van der Waals surface area contributed by atoms with E-state index >= 15 is 4.39 Å². The minimum absolute atomic E-state index is 0.0480. The molecule has 0 radical (unpaired) electrons. The van der Waals surface area contributed by atoms with Gasteiger partial charge in [-0.15, -0.1) is 0 Å². The van der Waals surface area contributed by atoms with Gasteiger partial charge in [-0.25, -0.2) is 9.18 Å². The second-order valence-corrected chi connectivity index (χ2v) is 13.1. The smallest absolute Gasteiger partial charge is 0.322 e. The number of carbonyl (C=O) groups excluding carboxylic acids is 2. The molecule has 8 nitrogen and oxygen atoms in total. The van der Waals surface area contributed by atoms with E-state index in [1.54, 1.807) is 66.7 Å². The number of nitriles is 1. The Morgan fingerprint density at radius 1 is 1.00 bits per heavy atom. The first-order chi connectivity index (χ1) is 23.1. The number of hydrogen-bond acceptors (Lipinski definition) is 5. The number of hydrogen-bond donors (Lipinski definition) is 4. The van der Waals surface area contributed by atoms with Crippen molar-refractivity contribution in [2.75, 3.05) is 24.2 Å². The predicted molar refractivity (Wildman–Crippen MR) is 184 cm³/mol. The highest BCUT2D eigenvalue weighted by atomic mass is 35.5. The van der Waals surface area contributed by atoms with Crippen molar-refractivity contribution in [2.45, 2.75) is 49.3 Å². The van der Waals surface area contributed by atoms with E-state index in [2.05, 4.69) is 22.0 Å². The fourth-order valence-electron chi connectivity index (χ4n) is 6.67. The van der Waals surface area contributed by atoms with Crippen LogP contribution in [-0.4, -0.2) is 41.6 Å². The first-order valence-corrected chi connectivity index (χ1v) is 16.4. The van der Waals surface area contributed by atoms with Gasteiger partial charge in [0.1, 0.15) is 17.5 Å². The number of nitrogens with zero attached hydrogens (tertiary/aromatic N) is 2. The third-order valence-electron chi connectivity index (χ3n) is 9.56. The zero-order valence-corrected chi connectivity index (χ0v) is 27.3. The number of amides is 3. The van der Waals surface area contributed by atoms with Crippen molar-refractivity contribution < 1.29 is 19.1 Å². The monoisotopic (exact) mass is 665 g/mol. The number of rotatable bonds is 10. The summed E-state index contributed by atoms with van der Waals surface area (Å²) in [5.74, 6) is -0.658. The summed E-state index contributed by atoms with van der Waals surface area (Å²) in [5.41, 5.74) is 0.806. The van der Waals surface area contributed by atoms with Gasteiger partial charge in [-0.2, -0.15) is 5.26 Å². The lowest BCUT2D eigenvalue weighted by Crippen LogP contribution is -2.45. The van der Waals surface area contributed by atoms with Crippen molar-refractivity contribution in [1.82, 2.24) is 10.2 Å². The molecule has 246 valence electrons. The van der Waals surface area contributed by atoms with Gasteiger partial charge in [0.05, 0.1) is 29.4 Å². The topological polar surface area (TPSA) is 117 Å². The number of nitrogens with one attached hydrogen (secondary N) is 3. The fourth-order valence-corrected chi connectivity index (χ4v) is 6.80. The molecular formula is C38H37ClFN5O3. The summed E-state index contributed by atoms with van der Waals surface area (Å²) in [6, 6.07) is 27.9. The number of urea groups is 1. The van der Waals surface area contributed by atoms with Gasteiger partial charge in [0.15, 0.2) is 0 Å². The highest BCUT2D eigenvalue weighted by Gasteiger charge is 2.49. The zero-order valence-electron chi connectivity index (χ0n) is 26.5. The largest absolute Gasteiger partial charge is 0.383 e. The molecule has 1 aliphatic heterocycles. The van der Waals surface area contributed by atoms with Crippen LogP contribution in [0.3, 0.4) is 0 Å². The van der Waals surface area contributed by atoms with E-state index in [0.717, 1.165) is 17.5 Å². The standard InChI is InChI=1S/C38H37ClFN5O3/c1-42-38(19-18-25-10-11-25,28-9-5-6-26(20-28)23-41)29-12-17-32(40)33(21-29)44-35(46)34-22-37(48,27-7-3-2-4-8-27)24-45(34)36(47)43-31-15-13-30(39)14-16-31/h2-9,12-17,20-21,25,34,42,48H,10-11,18-19,22,24H2,1H3,(H,43,47)(H,44,46)/t34-,37-,38?/m1/s1. The van der Waals surface area contributed by atoms with Crippen LogP contribution in [0.1, 0.15) is 54.4 Å². The SMILES string of the molecule is CNC(CCC1CC1)(c1cccc(C#N)c1)c1ccc(F)c(NC(=O)[C@H]2C[C@](O)(c3ccccc3)CN2C(=O)Nc2ccc(Cl)cc2)c1. The molecule has 4 aromatic rings. The normalized spacial score (nSPS) is 20.1. The minimum Gasteiger partial charge on any atom is -0.383 e. The molecule has 1 saturated heterocycles. The summed E-state index contributed by atoms with van der Waals surface area (Å²) in [6.07, 6.45) is 3.88. The number of aliphatic hydroxyl groups is 1. The van der Waals surface area contributed by atoms with Gasteiger partial charge in [-0.3, -0.25) is 4.79 Å². The Labute approximate surface area is 284 Å². The van der Waals surface area contributed by atoms with Crippen LogP contribution in [0.2, 0.25) is 5.02 Å². The Balaban J connectivity index is 1.32. The number of halogens is 2. The van der Waals surface area contributed by atoms with Crippen LogP contribution in [0.4, 0.5) is 20.6 Å². The molecule has 1 heterocycles. The van der Waals surface area contributed by atoms with Gasteiger partial charge in [0.2, 0.25) is 5.91 Å². The average Bonchev–Trinajstić information content (AvgIpc) is 3.87. The number of carbonyl (C=O) groups is 2. The highest BCUT2D eigenvalue weighted by molar-refractivity contribution is 6.30. The number of likely N-dealkylation sites (tertiary alicyclic amines) is 1. The van der Waals surface area contributed by atoms with Crippen LogP contribution in [0.15, 0.2) is 97.1 Å². The van der Waals surface area contributed by atoms with Crippen molar-refractivity contribution in [1.29, 1.82) is 5.26 Å². The van der Waals surface area contributed by atoms with Crippen molar-refractivity contribution in [2.24, 2.45) is 5.92 Å². The minimum atomic E-state index is -1.52. The lowest BCUT2D eigenvalue weighted by molar-refractivity contribution is -0.119. The van der Waals surface area contributed by atoms with Crippen LogP contribution in [0, 0.1) is 23.1 Å². The quantitative estimate of drug-likeness (QED) is 0.144. The molecule has 3 amide bonds. The summed E-state index contributed by atoms with van der Waals surface area (Å²) >= 11 is 6.01. The third-order valence-corrected chi connectivity index (χ3v) is 9.81. The van der Waals surface area contributed by atoms with Crippen LogP contribution in [-0.2, 0) is 15.9 Å². The van der Waals surface area contributed by atoms with E-state index in [1.807, 2.05) is 31.3 Å². The molecule has 0 bridgehead atoms. The fraction of sp³-hybridized carbons (Fsp3) is 0.289. The summed E-state index contributed by atoms with van der Waals surface area (Å²) in [6.45, 7) is -0.156. The maximum absolute atomic E-state index is 15.5. The average molecular weight is 666 g/mol. The molecule has 2 aliphatic rings. The van der Waals surface area contributed by atoms with Gasteiger partial charge >= 0.3 is 6.03 Å². The maximum atomic E-state index is 15.5. The highest BCUT2D eigenvalue weighted by Crippen LogP contribution is 2.42. The van der Waals surface area contributed by atoms with Gasteiger partial charge in [0, 0.05) is 17.1 Å². The Morgan fingerprint density at radius 2 is 1.73 bits per heavy atom. The summed E-state index contributed by atoms with van der Waals surface area (Å²) in [4.78, 5) is 28.9. The van der Waals surface area contributed by atoms with E-state index in [-0.39, 0.29) is 18.7 Å². The Hall–Kier alpha value is -4.75. The molecule has 0 aromatic heterocycles. The molecule has 6 rings (SSSR count). The van der Waals surface area contributed by atoms with Crippen LogP contribution >= 0.6 is 11.6 Å². The first kappa shape index (κ1) is 33.2. The predicted octanol–water partition coefficient (Wildman–Crippen LogP) is 7.14. The first-order valence-electron chi connectivity index (χ1n) is 16.1. The van der Waals surface area contributed by atoms with Gasteiger partial charge < -0.3 is 26.0 Å². The summed E-state index contributed by atoms with van der Waals surface area (Å²) in [5, 5.41) is 30.9. The van der Waals surface area contributed by atoms with Gasteiger partial charge in [-0.1, -0.05) is 73.0 Å². The Morgan fingerprint density at radius 3 is 2.42 bits per heavy atom. The zero-order chi connectivity index (χ0) is 33.9. The van der Waals surface area contributed by atoms with E-state index in [0.29, 0.717) is 34.2 Å². The lowest BCUT2D eigenvalue weighted by Gasteiger charge is -2.36. The Bertz CT molecular complexity index is 1850. The lowest BCUT2D eigenvalue weighted by atomic mass is 9.78. The summed E-state index contributed by atoms with van der Waals surface area (Å²) in [7, 11) is 1.84. The van der Waals surface area contributed by atoms with Crippen molar-refractivity contribution in [3.63, 3.8) is 0 Å². The van der Waals surface area contributed by atoms with Gasteiger partial charge in [0.25, 0.3) is 0 Å². The van der Waals surface area contributed by atoms with Crippen molar-refractivity contribution in [3.05, 3.63) is 130 Å². The van der Waals surface area contributed by atoms with E-state index in [4.69, 9.17) is 11.6 Å². The molecule has 3 atom stereocenters. The van der Waals surface area contributed by atoms with Crippen LogP contribution in [0.25, 0.3) is 0 Å². The van der Waals surface area contributed by atoms with Gasteiger partial charge in [-0.05, 0) is 91.0 Å². The summed E-state index contributed by atoms with van der Waals surface area (Å²) < 4.78 is 15.5. The molecule has 2 fully saturated rings. The molecule has 10 heteroatoms. The molecule has 1 aliphatic carbocycles. The molecule has 48 heavy (non-hydrogen) atoms. The molecule has 0 spiro atoms. The molecule has 4 N–H and O–H groups in total. The maximum Gasteiger partial charge on any atom is 0.322 e. The Kier molecular flexibility index (Phi) is 9.51. The number of benzene rings is 4. The van der Waals surface area contributed by atoms with Crippen molar-refractivity contribution >= 4 is 34.9 Å². The van der Waals surface area contributed by atoms with Crippen molar-refractivity contribution in [3.8, 4) is 6.07 Å². The number of β-amino-alcohol motifs (C(OH)–C–C–N with tert-alkyl or cyclic N) is 1. The molecule has 1 saturated carbocycles. The van der Waals surface area contributed by atoms with E-state index in [9.17, 15) is 20.0 Å². The van der Waals surface area contributed by atoms with Crippen LogP contribution in [0.5, 0.6) is 0 Å². The van der Waals surface area contributed by atoms with E-state index in [1.165, 1.54) is 23.8 Å². The molecule has 1 unspecified atom stereocenters. The molecular weight excluding hydrogens is 629 g/mol. The van der Waals surface area contributed by atoms with Crippen LogP contribution < -0.4 is 16.0 Å². The second kappa shape index (κ2) is 13.8. The van der Waals surface area contributed by atoms with E-state index < -0.39 is 34.9 Å². The third kappa shape index (κ3) is 6.92. The second-order valence-electron chi connectivity index (χ2n) is 12.7.